The third kappa shape index (κ3) is 11.5. The number of ether oxygens (including phenoxy) is 1. The topological polar surface area (TPSA) is 26.3 Å². The quantitative estimate of drug-likeness (QED) is 0.280. The monoisotopic (exact) mass is 238 g/mol. The van der Waals surface area contributed by atoms with Crippen molar-refractivity contribution in [2.24, 2.45) is 0 Å². The number of esters is 1. The predicted octanol–water partition coefficient (Wildman–Crippen LogP) is 3.51. The van der Waals surface area contributed by atoms with Gasteiger partial charge in [-0.2, -0.15) is 0 Å². The highest BCUT2D eigenvalue weighted by atomic mass is 28.4. The first-order chi connectivity index (χ1) is 6.95. The van der Waals surface area contributed by atoms with E-state index in [9.17, 15) is 13.0 Å². The molecule has 0 spiro atoms. The van der Waals surface area contributed by atoms with Crippen molar-refractivity contribution in [1.82, 2.24) is 0 Å². The third-order valence-electron chi connectivity index (χ3n) is 2.03. The molecule has 5 heteroatoms. The standard InChI is InChI=1S/C10H20F2O2Si/c1-3-4-5-6-8-14-10(13)7-9-15(2,11)12/h3-9H2,1-2H3. The first-order valence-electron chi connectivity index (χ1n) is 5.49. The minimum Gasteiger partial charge on any atom is -0.466 e. The molecule has 0 heterocycles. The number of carbonyl (C=O) groups is 1. The number of halogens is 2. The molecular formula is C10H20F2O2Si. The van der Waals surface area contributed by atoms with Crippen LogP contribution in [0, 0.1) is 0 Å². The van der Waals surface area contributed by atoms with Crippen LogP contribution in [0.1, 0.15) is 39.0 Å². The van der Waals surface area contributed by atoms with Gasteiger partial charge in [0.1, 0.15) is 0 Å². The lowest BCUT2D eigenvalue weighted by Crippen LogP contribution is -2.18. The van der Waals surface area contributed by atoms with Crippen molar-refractivity contribution in [2.75, 3.05) is 6.61 Å². The molecule has 0 aliphatic heterocycles. The maximum Gasteiger partial charge on any atom is 0.422 e. The van der Waals surface area contributed by atoms with E-state index in [0.717, 1.165) is 32.2 Å². The van der Waals surface area contributed by atoms with Crippen LogP contribution in [-0.4, -0.2) is 21.3 Å². The summed E-state index contributed by atoms with van der Waals surface area (Å²) in [5.41, 5.74) is 0. The molecule has 0 atom stereocenters. The molecule has 90 valence electrons. The van der Waals surface area contributed by atoms with E-state index < -0.39 is 14.7 Å². The van der Waals surface area contributed by atoms with E-state index in [4.69, 9.17) is 4.74 Å². The molecule has 0 fully saturated rings. The summed E-state index contributed by atoms with van der Waals surface area (Å²) in [6.45, 7) is 3.41. The van der Waals surface area contributed by atoms with E-state index >= 15 is 0 Å². The van der Waals surface area contributed by atoms with Gasteiger partial charge in [0.25, 0.3) is 0 Å². The van der Waals surface area contributed by atoms with Gasteiger partial charge in [-0.25, -0.2) is 0 Å². The zero-order chi connectivity index (χ0) is 11.7. The Morgan fingerprint density at radius 1 is 1.27 bits per heavy atom. The highest BCUT2D eigenvalue weighted by Gasteiger charge is 2.28. The van der Waals surface area contributed by atoms with Crippen LogP contribution in [0.2, 0.25) is 12.6 Å². The van der Waals surface area contributed by atoms with Crippen molar-refractivity contribution in [3.63, 3.8) is 0 Å². The molecule has 0 aromatic rings. The van der Waals surface area contributed by atoms with Crippen LogP contribution < -0.4 is 0 Å². The Balaban J connectivity index is 3.34. The van der Waals surface area contributed by atoms with Gasteiger partial charge < -0.3 is 4.74 Å². The lowest BCUT2D eigenvalue weighted by Gasteiger charge is -2.06. The first-order valence-corrected chi connectivity index (χ1v) is 7.95. The van der Waals surface area contributed by atoms with Gasteiger partial charge >= 0.3 is 14.7 Å². The van der Waals surface area contributed by atoms with Crippen molar-refractivity contribution < 1.29 is 17.7 Å². The Labute approximate surface area is 91.4 Å². The van der Waals surface area contributed by atoms with E-state index in [1.807, 2.05) is 0 Å². The van der Waals surface area contributed by atoms with Gasteiger partial charge in [0.2, 0.25) is 0 Å². The molecule has 0 radical (unpaired) electrons. The van der Waals surface area contributed by atoms with E-state index in [-0.39, 0.29) is 12.5 Å². The summed E-state index contributed by atoms with van der Waals surface area (Å²) in [7, 11) is -4.08. The molecule has 0 rings (SSSR count). The predicted molar refractivity (Wildman–Crippen MR) is 58.4 cm³/mol. The summed E-state index contributed by atoms with van der Waals surface area (Å²) in [4.78, 5) is 11.0. The van der Waals surface area contributed by atoms with Gasteiger partial charge in [-0.05, 0) is 13.0 Å². The van der Waals surface area contributed by atoms with Gasteiger partial charge in [0, 0.05) is 12.5 Å². The fourth-order valence-electron chi connectivity index (χ4n) is 1.11. The molecule has 0 aliphatic carbocycles. The molecule has 0 aliphatic rings. The number of hydrogen-bond acceptors (Lipinski definition) is 2. The Hall–Kier alpha value is -0.453. The molecule has 0 unspecified atom stereocenters. The minimum absolute atomic E-state index is 0.135. The van der Waals surface area contributed by atoms with Crippen LogP contribution in [-0.2, 0) is 9.53 Å². The Bertz CT molecular complexity index is 181. The zero-order valence-electron chi connectivity index (χ0n) is 9.52. The minimum atomic E-state index is -4.08. The Morgan fingerprint density at radius 2 is 1.93 bits per heavy atom. The highest BCUT2D eigenvalue weighted by molar-refractivity contribution is 6.64. The molecule has 0 aromatic heterocycles. The van der Waals surface area contributed by atoms with E-state index in [0.29, 0.717) is 6.61 Å². The van der Waals surface area contributed by atoms with Gasteiger partial charge in [0.15, 0.2) is 0 Å². The van der Waals surface area contributed by atoms with E-state index in [1.54, 1.807) is 0 Å². The van der Waals surface area contributed by atoms with Crippen molar-refractivity contribution in [1.29, 1.82) is 0 Å². The lowest BCUT2D eigenvalue weighted by atomic mass is 10.2. The maximum absolute atomic E-state index is 12.5. The average molecular weight is 238 g/mol. The smallest absolute Gasteiger partial charge is 0.422 e. The van der Waals surface area contributed by atoms with Crippen molar-refractivity contribution in [2.45, 2.75) is 51.6 Å². The van der Waals surface area contributed by atoms with Crippen molar-refractivity contribution in [3.8, 4) is 0 Å². The highest BCUT2D eigenvalue weighted by Crippen LogP contribution is 2.15. The molecule has 0 N–H and O–H groups in total. The molecule has 0 bridgehead atoms. The summed E-state index contributed by atoms with van der Waals surface area (Å²) in [6, 6.07) is -0.291. The van der Waals surface area contributed by atoms with Gasteiger partial charge in [-0.15, -0.1) is 0 Å². The second-order valence-corrected chi connectivity index (χ2v) is 6.49. The van der Waals surface area contributed by atoms with Gasteiger partial charge in [-0.1, -0.05) is 26.2 Å². The lowest BCUT2D eigenvalue weighted by molar-refractivity contribution is -0.143. The van der Waals surface area contributed by atoms with Gasteiger partial charge in [-0.3, -0.25) is 13.0 Å². The number of carbonyl (C=O) groups excluding carboxylic acids is 1. The van der Waals surface area contributed by atoms with Crippen LogP contribution in [0.3, 0.4) is 0 Å². The SMILES string of the molecule is CCCCCCOC(=O)CC[Si](C)(F)F. The fourth-order valence-corrected chi connectivity index (χ4v) is 1.75. The third-order valence-corrected chi connectivity index (χ3v) is 3.16. The first kappa shape index (κ1) is 14.5. The van der Waals surface area contributed by atoms with Crippen LogP contribution >= 0.6 is 0 Å². The molecular weight excluding hydrogens is 218 g/mol. The molecule has 15 heavy (non-hydrogen) atoms. The number of unbranched alkanes of at least 4 members (excludes halogenated alkanes) is 3. The summed E-state index contributed by atoms with van der Waals surface area (Å²) < 4.78 is 29.8. The van der Waals surface area contributed by atoms with Crippen LogP contribution in [0.15, 0.2) is 0 Å². The largest absolute Gasteiger partial charge is 0.466 e. The molecule has 0 saturated heterocycles. The number of hydrogen-bond donors (Lipinski definition) is 0. The second kappa shape index (κ2) is 7.79. The normalized spacial score (nSPS) is 11.5. The van der Waals surface area contributed by atoms with Crippen LogP contribution in [0.5, 0.6) is 0 Å². The Morgan fingerprint density at radius 3 is 2.47 bits per heavy atom. The molecule has 0 aromatic carbocycles. The molecule has 0 amide bonds. The Kier molecular flexibility index (Phi) is 7.55. The molecule has 0 saturated carbocycles. The number of rotatable bonds is 8. The fraction of sp³-hybridized carbons (Fsp3) is 0.900. The second-order valence-electron chi connectivity index (χ2n) is 3.85. The van der Waals surface area contributed by atoms with Crippen molar-refractivity contribution in [3.05, 3.63) is 0 Å². The van der Waals surface area contributed by atoms with E-state index in [2.05, 4.69) is 6.92 Å². The van der Waals surface area contributed by atoms with Crippen LogP contribution in [0.25, 0.3) is 0 Å². The summed E-state index contributed by atoms with van der Waals surface area (Å²) in [5, 5.41) is 0. The zero-order valence-corrected chi connectivity index (χ0v) is 10.5. The summed E-state index contributed by atoms with van der Waals surface area (Å²) in [6.07, 6.45) is 3.98. The summed E-state index contributed by atoms with van der Waals surface area (Å²) >= 11 is 0. The maximum atomic E-state index is 12.5. The average Bonchev–Trinajstić information content (AvgIpc) is 2.13. The van der Waals surface area contributed by atoms with Crippen LogP contribution in [0.4, 0.5) is 8.22 Å². The van der Waals surface area contributed by atoms with Gasteiger partial charge in [0.05, 0.1) is 6.61 Å². The van der Waals surface area contributed by atoms with E-state index in [1.165, 1.54) is 0 Å². The summed E-state index contributed by atoms with van der Waals surface area (Å²) in [5.74, 6) is -0.486. The van der Waals surface area contributed by atoms with Crippen molar-refractivity contribution >= 4 is 14.7 Å². The molecule has 2 nitrogen and oxygen atoms in total.